The molecule has 0 saturated heterocycles. The van der Waals surface area contributed by atoms with Crippen LogP contribution in [0.4, 0.5) is 0 Å². The van der Waals surface area contributed by atoms with Crippen LogP contribution in [0.3, 0.4) is 0 Å². The number of hydrogen-bond donors (Lipinski definition) is 0. The Morgan fingerprint density at radius 2 is 1.09 bits per heavy atom. The molecule has 0 aliphatic heterocycles. The Morgan fingerprint density at radius 1 is 0.465 bits per heavy atom. The molecule has 0 aliphatic carbocycles. The summed E-state index contributed by atoms with van der Waals surface area (Å²) in [5.74, 6) is 0. The van der Waals surface area contributed by atoms with Gasteiger partial charge in [-0.2, -0.15) is 0 Å². The van der Waals surface area contributed by atoms with Crippen molar-refractivity contribution in [3.8, 4) is 16.8 Å². The van der Waals surface area contributed by atoms with E-state index >= 15 is 0 Å². The molecule has 43 heavy (non-hydrogen) atoms. The summed E-state index contributed by atoms with van der Waals surface area (Å²) in [6, 6.07) is 55.8. The van der Waals surface area contributed by atoms with Gasteiger partial charge in [0, 0.05) is 42.2 Å². The predicted molar refractivity (Wildman–Crippen MR) is 186 cm³/mol. The van der Waals surface area contributed by atoms with Gasteiger partial charge in [-0.05, 0) is 64.2 Å². The van der Waals surface area contributed by atoms with Gasteiger partial charge < -0.3 is 4.57 Å². The highest BCUT2D eigenvalue weighted by molar-refractivity contribution is 7.26. The summed E-state index contributed by atoms with van der Waals surface area (Å²) in [6.45, 7) is 0. The minimum absolute atomic E-state index is 0.921. The average molecular weight is 566 g/mol. The Balaban J connectivity index is 1.21. The smallest absolute Gasteiger partial charge is 0.0541 e. The van der Waals surface area contributed by atoms with E-state index in [9.17, 15) is 0 Å². The number of hydrogen-bond acceptors (Lipinski definition) is 1. The first-order valence-corrected chi connectivity index (χ1v) is 15.6. The van der Waals surface area contributed by atoms with Crippen LogP contribution in [0, 0.1) is 0 Å². The van der Waals surface area contributed by atoms with Crippen molar-refractivity contribution in [2.45, 2.75) is 6.42 Å². The van der Waals surface area contributed by atoms with Gasteiger partial charge in [0.15, 0.2) is 0 Å². The van der Waals surface area contributed by atoms with Gasteiger partial charge in [0.25, 0.3) is 0 Å². The topological polar surface area (TPSA) is 4.93 Å². The Hall–Kier alpha value is -5.18. The summed E-state index contributed by atoms with van der Waals surface area (Å²) >= 11 is 1.89. The fourth-order valence-corrected chi connectivity index (χ4v) is 7.96. The first kappa shape index (κ1) is 24.4. The normalized spacial score (nSPS) is 11.8. The van der Waals surface area contributed by atoms with Gasteiger partial charge in [0.05, 0.1) is 11.0 Å². The SMILES string of the molecule is c1ccc2cc(Cc3ccc(-c4cc(-n5c6ccccc6c6ccccc65)cc5c4sc4ccccc45)cc3)ccc2c1. The Kier molecular flexibility index (Phi) is 5.50. The van der Waals surface area contributed by atoms with Gasteiger partial charge in [0.2, 0.25) is 0 Å². The lowest BCUT2D eigenvalue weighted by molar-refractivity contribution is 1.19. The highest BCUT2D eigenvalue weighted by atomic mass is 32.1. The van der Waals surface area contributed by atoms with E-state index in [-0.39, 0.29) is 0 Å². The Bertz CT molecular complexity index is 2420. The van der Waals surface area contributed by atoms with E-state index in [4.69, 9.17) is 0 Å². The second-order valence-corrected chi connectivity index (χ2v) is 12.4. The molecule has 0 atom stereocenters. The molecule has 0 fully saturated rings. The van der Waals surface area contributed by atoms with E-state index in [0.717, 1.165) is 6.42 Å². The van der Waals surface area contributed by atoms with E-state index < -0.39 is 0 Å². The zero-order chi connectivity index (χ0) is 28.3. The van der Waals surface area contributed by atoms with Gasteiger partial charge in [0.1, 0.15) is 0 Å². The predicted octanol–water partition coefficient (Wildman–Crippen LogP) is 11.6. The molecule has 0 N–H and O–H groups in total. The highest BCUT2D eigenvalue weighted by Crippen LogP contribution is 2.43. The van der Waals surface area contributed by atoms with Crippen molar-refractivity contribution in [1.29, 1.82) is 0 Å². The molecule has 0 aliphatic rings. The van der Waals surface area contributed by atoms with E-state index in [1.54, 1.807) is 0 Å². The molecular weight excluding hydrogens is 539 g/mol. The third-order valence-corrected chi connectivity index (χ3v) is 10.0. The molecule has 9 aromatic rings. The molecule has 0 unspecified atom stereocenters. The first-order chi connectivity index (χ1) is 21.3. The molecule has 0 bridgehead atoms. The monoisotopic (exact) mass is 565 g/mol. The number of thiophene rings is 1. The van der Waals surface area contributed by atoms with Crippen molar-refractivity contribution in [3.05, 3.63) is 163 Å². The van der Waals surface area contributed by atoms with Gasteiger partial charge in [-0.3, -0.25) is 0 Å². The molecule has 0 amide bonds. The molecule has 9 rings (SSSR count). The van der Waals surface area contributed by atoms with Crippen LogP contribution in [-0.2, 0) is 6.42 Å². The molecule has 1 nitrogen and oxygen atoms in total. The first-order valence-electron chi connectivity index (χ1n) is 14.8. The number of benzene rings is 7. The van der Waals surface area contributed by atoms with Crippen LogP contribution in [0.25, 0.3) is 69.6 Å². The number of para-hydroxylation sites is 2. The fraction of sp³-hybridized carbons (Fsp3) is 0.0244. The van der Waals surface area contributed by atoms with Gasteiger partial charge in [-0.25, -0.2) is 0 Å². The number of fused-ring (bicyclic) bond motifs is 7. The molecule has 0 spiro atoms. The third-order valence-electron chi connectivity index (χ3n) is 8.79. The summed E-state index contributed by atoms with van der Waals surface area (Å²) in [6.07, 6.45) is 0.921. The van der Waals surface area contributed by atoms with Crippen LogP contribution in [0.1, 0.15) is 11.1 Å². The lowest BCUT2D eigenvalue weighted by Gasteiger charge is -2.13. The number of rotatable bonds is 4. The van der Waals surface area contributed by atoms with Gasteiger partial charge in [-0.15, -0.1) is 11.3 Å². The molecular formula is C41H27NS. The van der Waals surface area contributed by atoms with E-state index in [0.29, 0.717) is 0 Å². The molecule has 202 valence electrons. The summed E-state index contributed by atoms with van der Waals surface area (Å²) in [7, 11) is 0. The lowest BCUT2D eigenvalue weighted by Crippen LogP contribution is -1.95. The number of aromatic nitrogens is 1. The minimum Gasteiger partial charge on any atom is -0.309 e. The van der Waals surface area contributed by atoms with Crippen molar-refractivity contribution in [2.75, 3.05) is 0 Å². The number of nitrogens with zero attached hydrogens (tertiary/aromatic N) is 1. The van der Waals surface area contributed by atoms with Crippen molar-refractivity contribution in [1.82, 2.24) is 4.57 Å². The third kappa shape index (κ3) is 3.99. The van der Waals surface area contributed by atoms with Crippen molar-refractivity contribution in [3.63, 3.8) is 0 Å². The molecule has 2 heteroatoms. The van der Waals surface area contributed by atoms with Crippen molar-refractivity contribution in [2.24, 2.45) is 0 Å². The Labute approximate surface area is 253 Å². The molecule has 0 radical (unpaired) electrons. The van der Waals surface area contributed by atoms with Crippen LogP contribution >= 0.6 is 11.3 Å². The fourth-order valence-electron chi connectivity index (χ4n) is 6.74. The summed E-state index contributed by atoms with van der Waals surface area (Å²) in [5.41, 5.74) is 8.87. The van der Waals surface area contributed by atoms with E-state index in [1.807, 2.05) is 11.3 Å². The minimum atomic E-state index is 0.921. The summed E-state index contributed by atoms with van der Waals surface area (Å²) in [4.78, 5) is 0. The maximum absolute atomic E-state index is 2.44. The van der Waals surface area contributed by atoms with E-state index in [1.165, 1.54) is 80.7 Å². The quantitative estimate of drug-likeness (QED) is 0.200. The Morgan fingerprint density at radius 3 is 1.86 bits per heavy atom. The van der Waals surface area contributed by atoms with Crippen LogP contribution in [-0.4, -0.2) is 4.57 Å². The zero-order valence-electron chi connectivity index (χ0n) is 23.5. The summed E-state index contributed by atoms with van der Waals surface area (Å²) < 4.78 is 5.10. The van der Waals surface area contributed by atoms with Gasteiger partial charge >= 0.3 is 0 Å². The standard InChI is InChI=1S/C41H27NS/c1-2-10-31-24-28(19-20-29(31)9-1)23-27-17-21-30(22-18-27)36-25-32(26-37-35-13-5-8-16-40(35)43-41(36)37)42-38-14-6-3-11-33(38)34-12-4-7-15-39(34)42/h1-22,24-26H,23H2. The molecule has 0 saturated carbocycles. The highest BCUT2D eigenvalue weighted by Gasteiger charge is 2.17. The lowest BCUT2D eigenvalue weighted by atomic mass is 9.97. The maximum atomic E-state index is 2.44. The van der Waals surface area contributed by atoms with E-state index in [2.05, 4.69) is 156 Å². The maximum Gasteiger partial charge on any atom is 0.0541 e. The van der Waals surface area contributed by atoms with Crippen molar-refractivity contribution < 1.29 is 0 Å². The van der Waals surface area contributed by atoms with Crippen LogP contribution < -0.4 is 0 Å². The molecule has 2 heterocycles. The van der Waals surface area contributed by atoms with Crippen LogP contribution in [0.2, 0.25) is 0 Å². The second-order valence-electron chi connectivity index (χ2n) is 11.4. The molecule has 7 aromatic carbocycles. The summed E-state index contributed by atoms with van der Waals surface area (Å²) in [5, 5.41) is 7.79. The van der Waals surface area contributed by atoms with Crippen molar-refractivity contribution >= 4 is 64.1 Å². The molecule has 2 aromatic heterocycles. The zero-order valence-corrected chi connectivity index (χ0v) is 24.3. The average Bonchev–Trinajstić information content (AvgIpc) is 3.61. The largest absolute Gasteiger partial charge is 0.309 e. The second kappa shape index (κ2) is 9.69. The van der Waals surface area contributed by atoms with Crippen LogP contribution in [0.15, 0.2) is 152 Å². The van der Waals surface area contributed by atoms with Crippen LogP contribution in [0.5, 0.6) is 0 Å². The van der Waals surface area contributed by atoms with Gasteiger partial charge in [-0.1, -0.05) is 121 Å².